The predicted molar refractivity (Wildman–Crippen MR) is 79.3 cm³/mol. The minimum absolute atomic E-state index is 0.175. The molecule has 1 amide bonds. The molecule has 1 aliphatic carbocycles. The lowest BCUT2D eigenvalue weighted by molar-refractivity contribution is -0.115. The van der Waals surface area contributed by atoms with Gasteiger partial charge in [-0.15, -0.1) is 0 Å². The number of nitrogens with one attached hydrogen (secondary N) is 1. The minimum Gasteiger partial charge on any atom is -0.397 e. The molecule has 0 heterocycles. The van der Waals surface area contributed by atoms with Gasteiger partial charge in [-0.1, -0.05) is 25.0 Å². The molecule has 19 heavy (non-hydrogen) atoms. The van der Waals surface area contributed by atoms with Crippen molar-refractivity contribution in [3.63, 3.8) is 0 Å². The highest BCUT2D eigenvalue weighted by atomic mass is 32.2. The summed E-state index contributed by atoms with van der Waals surface area (Å²) in [6, 6.07) is 7.10. The van der Waals surface area contributed by atoms with Crippen LogP contribution < -0.4 is 11.1 Å². The van der Waals surface area contributed by atoms with E-state index in [2.05, 4.69) is 5.32 Å². The predicted octanol–water partition coefficient (Wildman–Crippen LogP) is 2.29. The monoisotopic (exact) mass is 280 g/mol. The van der Waals surface area contributed by atoms with Crippen molar-refractivity contribution in [3.05, 3.63) is 24.3 Å². The number of hydrogen-bond donors (Lipinski definition) is 2. The summed E-state index contributed by atoms with van der Waals surface area (Å²) in [6.45, 7) is 1.73. The van der Waals surface area contributed by atoms with E-state index >= 15 is 0 Å². The van der Waals surface area contributed by atoms with Gasteiger partial charge < -0.3 is 11.1 Å². The first-order valence-corrected chi connectivity index (χ1v) is 7.92. The molecule has 0 aromatic heterocycles. The first-order chi connectivity index (χ1) is 9.09. The Hall–Kier alpha value is -1.36. The maximum absolute atomic E-state index is 12.3. The largest absolute Gasteiger partial charge is 0.397 e. The molecule has 0 saturated heterocycles. The zero-order valence-corrected chi connectivity index (χ0v) is 11.9. The first-order valence-electron chi connectivity index (χ1n) is 6.64. The number of carbonyl (C=O) groups is 1. The zero-order valence-electron chi connectivity index (χ0n) is 11.1. The van der Waals surface area contributed by atoms with Crippen LogP contribution in [0.15, 0.2) is 24.3 Å². The Bertz CT molecular complexity index is 484. The number of nitrogen functional groups attached to an aromatic ring is 1. The van der Waals surface area contributed by atoms with Gasteiger partial charge in [0.1, 0.15) is 5.25 Å². The molecule has 1 aromatic carbocycles. The summed E-state index contributed by atoms with van der Waals surface area (Å²) in [5.74, 6) is -0.219. The summed E-state index contributed by atoms with van der Waals surface area (Å²) in [5.41, 5.74) is 6.89. The van der Waals surface area contributed by atoms with Crippen molar-refractivity contribution in [3.8, 4) is 0 Å². The maximum Gasteiger partial charge on any atom is 0.239 e. The SMILES string of the molecule is CC(C(=O)Nc1ccccc1N)S(=O)C1CCCC1. The van der Waals surface area contributed by atoms with E-state index in [1.165, 1.54) is 0 Å². The standard InChI is InChI=1S/C14H20N2O2S/c1-10(19(18)11-6-2-3-7-11)14(17)16-13-9-5-4-8-12(13)15/h4-5,8-11H,2-3,6-7,15H2,1H3,(H,16,17). The fourth-order valence-corrected chi connectivity index (χ4v) is 4.01. The number of carbonyl (C=O) groups excluding carboxylic acids is 1. The Morgan fingerprint density at radius 1 is 1.37 bits per heavy atom. The Labute approximate surface area is 116 Å². The summed E-state index contributed by atoms with van der Waals surface area (Å²) in [5, 5.41) is 2.43. The average Bonchev–Trinajstić information content (AvgIpc) is 2.93. The van der Waals surface area contributed by atoms with Gasteiger partial charge in [0.25, 0.3) is 0 Å². The quantitative estimate of drug-likeness (QED) is 0.831. The molecular formula is C14H20N2O2S. The molecule has 0 bridgehead atoms. The van der Waals surface area contributed by atoms with Gasteiger partial charge in [-0.25, -0.2) is 0 Å². The number of para-hydroxylation sites is 2. The van der Waals surface area contributed by atoms with E-state index in [9.17, 15) is 9.00 Å². The Balaban J connectivity index is 1.99. The molecule has 0 aliphatic heterocycles. The van der Waals surface area contributed by atoms with Crippen LogP contribution in [0.4, 0.5) is 11.4 Å². The van der Waals surface area contributed by atoms with Gasteiger partial charge in [-0.05, 0) is 31.9 Å². The van der Waals surface area contributed by atoms with Crippen molar-refractivity contribution in [1.82, 2.24) is 0 Å². The number of amides is 1. The van der Waals surface area contributed by atoms with Gasteiger partial charge in [0.05, 0.1) is 11.4 Å². The van der Waals surface area contributed by atoms with Crippen molar-refractivity contribution < 1.29 is 9.00 Å². The van der Waals surface area contributed by atoms with Crippen molar-refractivity contribution in [2.45, 2.75) is 43.1 Å². The van der Waals surface area contributed by atoms with E-state index in [0.29, 0.717) is 11.4 Å². The molecule has 4 nitrogen and oxygen atoms in total. The van der Waals surface area contributed by atoms with Crippen molar-refractivity contribution in [2.75, 3.05) is 11.1 Å². The second-order valence-electron chi connectivity index (χ2n) is 4.95. The zero-order chi connectivity index (χ0) is 13.8. The Morgan fingerprint density at radius 2 is 2.00 bits per heavy atom. The first kappa shape index (κ1) is 14.1. The average molecular weight is 280 g/mol. The molecule has 0 spiro atoms. The van der Waals surface area contributed by atoms with E-state index in [1.54, 1.807) is 19.1 Å². The van der Waals surface area contributed by atoms with Gasteiger partial charge >= 0.3 is 0 Å². The van der Waals surface area contributed by atoms with Gasteiger partial charge in [0.2, 0.25) is 5.91 Å². The lowest BCUT2D eigenvalue weighted by atomic mass is 10.2. The molecular weight excluding hydrogens is 260 g/mol. The van der Waals surface area contributed by atoms with Gasteiger partial charge in [-0.2, -0.15) is 0 Å². The molecule has 3 N–H and O–H groups in total. The van der Waals surface area contributed by atoms with Crippen molar-refractivity contribution >= 4 is 28.1 Å². The van der Waals surface area contributed by atoms with Crippen LogP contribution in [0, 0.1) is 0 Å². The molecule has 1 saturated carbocycles. The van der Waals surface area contributed by atoms with Crippen LogP contribution in [0.3, 0.4) is 0 Å². The Morgan fingerprint density at radius 3 is 2.63 bits per heavy atom. The van der Waals surface area contributed by atoms with E-state index in [-0.39, 0.29) is 11.2 Å². The second kappa shape index (κ2) is 6.19. The summed E-state index contributed by atoms with van der Waals surface area (Å²) in [6.07, 6.45) is 4.18. The molecule has 2 unspecified atom stereocenters. The Kier molecular flexibility index (Phi) is 4.58. The third-order valence-corrected chi connectivity index (χ3v) is 5.61. The van der Waals surface area contributed by atoms with Crippen LogP contribution in [0.25, 0.3) is 0 Å². The summed E-state index contributed by atoms with van der Waals surface area (Å²) < 4.78 is 12.3. The lowest BCUT2D eigenvalue weighted by Gasteiger charge is -2.16. The number of rotatable bonds is 4. The fourth-order valence-electron chi connectivity index (χ4n) is 2.36. The molecule has 1 aliphatic rings. The van der Waals surface area contributed by atoms with Crippen molar-refractivity contribution in [2.24, 2.45) is 0 Å². The number of nitrogens with two attached hydrogens (primary N) is 1. The third-order valence-electron chi connectivity index (χ3n) is 3.57. The van der Waals surface area contributed by atoms with Crippen LogP contribution in [0.1, 0.15) is 32.6 Å². The molecule has 5 heteroatoms. The van der Waals surface area contributed by atoms with Gasteiger partial charge in [-0.3, -0.25) is 9.00 Å². The molecule has 104 valence electrons. The summed E-state index contributed by atoms with van der Waals surface area (Å²) >= 11 is 0. The topological polar surface area (TPSA) is 72.2 Å². The molecule has 1 aromatic rings. The van der Waals surface area contributed by atoms with Crippen LogP contribution in [0.5, 0.6) is 0 Å². The molecule has 0 radical (unpaired) electrons. The lowest BCUT2D eigenvalue weighted by Crippen LogP contribution is -2.33. The summed E-state index contributed by atoms with van der Waals surface area (Å²) in [7, 11) is -1.10. The smallest absolute Gasteiger partial charge is 0.239 e. The van der Waals surface area contributed by atoms with Crippen LogP contribution >= 0.6 is 0 Å². The van der Waals surface area contributed by atoms with E-state index < -0.39 is 16.0 Å². The van der Waals surface area contributed by atoms with Gasteiger partial charge in [0, 0.05) is 16.0 Å². The highest BCUT2D eigenvalue weighted by Crippen LogP contribution is 2.25. The number of benzene rings is 1. The maximum atomic E-state index is 12.3. The minimum atomic E-state index is -1.10. The highest BCUT2D eigenvalue weighted by molar-refractivity contribution is 7.87. The van der Waals surface area contributed by atoms with E-state index in [0.717, 1.165) is 25.7 Å². The second-order valence-corrected chi connectivity index (χ2v) is 6.98. The van der Waals surface area contributed by atoms with Crippen LogP contribution in [-0.2, 0) is 15.6 Å². The van der Waals surface area contributed by atoms with E-state index in [1.807, 2.05) is 12.1 Å². The highest BCUT2D eigenvalue weighted by Gasteiger charge is 2.29. The third kappa shape index (κ3) is 3.35. The van der Waals surface area contributed by atoms with Gasteiger partial charge in [0.15, 0.2) is 0 Å². The number of anilines is 2. The summed E-state index contributed by atoms with van der Waals surface area (Å²) in [4.78, 5) is 12.1. The molecule has 2 atom stereocenters. The van der Waals surface area contributed by atoms with E-state index in [4.69, 9.17) is 5.73 Å². The van der Waals surface area contributed by atoms with Crippen molar-refractivity contribution in [1.29, 1.82) is 0 Å². The normalized spacial score (nSPS) is 19.0. The number of hydrogen-bond acceptors (Lipinski definition) is 3. The fraction of sp³-hybridized carbons (Fsp3) is 0.500. The molecule has 2 rings (SSSR count). The van der Waals surface area contributed by atoms with Crippen LogP contribution in [-0.4, -0.2) is 20.6 Å². The molecule has 1 fully saturated rings. The van der Waals surface area contributed by atoms with Crippen LogP contribution in [0.2, 0.25) is 0 Å².